The first kappa shape index (κ1) is 19.9. The lowest BCUT2D eigenvalue weighted by molar-refractivity contribution is 0.104. The van der Waals surface area contributed by atoms with E-state index in [9.17, 15) is 4.79 Å². The van der Waals surface area contributed by atoms with E-state index in [2.05, 4.69) is 0 Å². The van der Waals surface area contributed by atoms with E-state index >= 15 is 0 Å². The highest BCUT2D eigenvalue weighted by atomic mass is 32.2. The monoisotopic (exact) mass is 402 g/mol. The van der Waals surface area contributed by atoms with Crippen LogP contribution in [0.4, 0.5) is 0 Å². The smallest absolute Gasteiger partial charge is 0.203 e. The third kappa shape index (κ3) is 4.04. The van der Waals surface area contributed by atoms with Crippen molar-refractivity contribution in [2.24, 2.45) is 0 Å². The van der Waals surface area contributed by atoms with Crippen LogP contribution in [0.15, 0.2) is 35.2 Å². The Morgan fingerprint density at radius 1 is 1.07 bits per heavy atom. The molecule has 0 N–H and O–H groups in total. The maximum Gasteiger partial charge on any atom is 0.203 e. The van der Waals surface area contributed by atoms with Crippen LogP contribution in [0.1, 0.15) is 22.8 Å². The summed E-state index contributed by atoms with van der Waals surface area (Å²) in [5, 5.41) is 0. The molecule has 0 spiro atoms. The molecule has 3 rings (SSSR count). The Morgan fingerprint density at radius 2 is 1.79 bits per heavy atom. The Labute approximate surface area is 168 Å². The first-order valence-electron chi connectivity index (χ1n) is 8.70. The third-order valence-corrected chi connectivity index (χ3v) is 5.02. The van der Waals surface area contributed by atoms with Crippen molar-refractivity contribution in [3.8, 4) is 28.7 Å². The number of carbonyl (C=O) groups is 1. The second kappa shape index (κ2) is 8.93. The van der Waals surface area contributed by atoms with Crippen LogP contribution in [0.5, 0.6) is 28.7 Å². The third-order valence-electron chi connectivity index (χ3n) is 4.15. The van der Waals surface area contributed by atoms with Crippen LogP contribution < -0.4 is 23.7 Å². The van der Waals surface area contributed by atoms with Gasteiger partial charge in [0.05, 0.1) is 38.4 Å². The van der Waals surface area contributed by atoms with Crippen molar-refractivity contribution >= 4 is 23.6 Å². The van der Waals surface area contributed by atoms with E-state index in [4.69, 9.17) is 23.7 Å². The van der Waals surface area contributed by atoms with Crippen molar-refractivity contribution < 1.29 is 28.5 Å². The Kier molecular flexibility index (Phi) is 6.36. The fraction of sp³-hybridized carbons (Fsp3) is 0.286. The highest BCUT2D eigenvalue weighted by molar-refractivity contribution is 7.99. The van der Waals surface area contributed by atoms with Gasteiger partial charge >= 0.3 is 0 Å². The number of hydrogen-bond donors (Lipinski definition) is 0. The predicted octanol–water partition coefficient (Wildman–Crippen LogP) is 4.45. The topological polar surface area (TPSA) is 63.2 Å². The van der Waals surface area contributed by atoms with Crippen molar-refractivity contribution in [1.82, 2.24) is 0 Å². The molecule has 0 fully saturated rings. The molecule has 0 aromatic heterocycles. The van der Waals surface area contributed by atoms with Crippen LogP contribution in [0.3, 0.4) is 0 Å². The lowest BCUT2D eigenvalue weighted by atomic mass is 10.1. The van der Waals surface area contributed by atoms with Crippen molar-refractivity contribution in [3.63, 3.8) is 0 Å². The zero-order valence-electron chi connectivity index (χ0n) is 16.2. The Hall–Kier alpha value is -2.80. The van der Waals surface area contributed by atoms with Crippen molar-refractivity contribution in [2.75, 3.05) is 33.9 Å². The van der Waals surface area contributed by atoms with Crippen molar-refractivity contribution in [2.45, 2.75) is 11.8 Å². The average molecular weight is 402 g/mol. The van der Waals surface area contributed by atoms with Crippen LogP contribution in [0.25, 0.3) is 6.08 Å². The Morgan fingerprint density at radius 3 is 2.39 bits per heavy atom. The van der Waals surface area contributed by atoms with Crippen LogP contribution in [0, 0.1) is 0 Å². The lowest BCUT2D eigenvalue weighted by Crippen LogP contribution is -2.02. The van der Waals surface area contributed by atoms with Gasteiger partial charge in [0.2, 0.25) is 5.75 Å². The minimum atomic E-state index is -0.180. The van der Waals surface area contributed by atoms with Gasteiger partial charge in [-0.1, -0.05) is 17.8 Å². The summed E-state index contributed by atoms with van der Waals surface area (Å²) in [6.45, 7) is 2.36. The lowest BCUT2D eigenvalue weighted by Gasteiger charge is -2.13. The van der Waals surface area contributed by atoms with Crippen LogP contribution in [0.2, 0.25) is 0 Å². The number of fused-ring (bicyclic) bond motifs is 1. The van der Waals surface area contributed by atoms with E-state index in [1.54, 1.807) is 57.4 Å². The van der Waals surface area contributed by atoms with Crippen LogP contribution in [-0.2, 0) is 0 Å². The number of ether oxygens (including phenoxy) is 5. The number of benzene rings is 2. The fourth-order valence-corrected chi connectivity index (χ4v) is 3.61. The molecule has 0 amide bonds. The molecule has 148 valence electrons. The number of thioether (sulfide) groups is 1. The summed E-state index contributed by atoms with van der Waals surface area (Å²) in [7, 11) is 4.64. The molecular weight excluding hydrogens is 380 g/mol. The van der Waals surface area contributed by atoms with E-state index in [1.165, 1.54) is 6.08 Å². The molecule has 1 aliphatic rings. The van der Waals surface area contributed by atoms with Gasteiger partial charge in [0, 0.05) is 0 Å². The second-order valence-corrected chi connectivity index (χ2v) is 6.76. The first-order valence-corrected chi connectivity index (χ1v) is 9.68. The number of hydrogen-bond acceptors (Lipinski definition) is 7. The summed E-state index contributed by atoms with van der Waals surface area (Å²) in [5.74, 6) is 3.16. The van der Waals surface area contributed by atoms with Gasteiger partial charge in [-0.2, -0.15) is 0 Å². The van der Waals surface area contributed by atoms with Gasteiger partial charge in [-0.15, -0.1) is 0 Å². The van der Waals surface area contributed by atoms with E-state index in [0.29, 0.717) is 46.9 Å². The van der Waals surface area contributed by atoms with Gasteiger partial charge in [-0.25, -0.2) is 0 Å². The number of carbonyl (C=O) groups excluding carboxylic acids is 1. The Balaban J connectivity index is 1.92. The molecule has 0 unspecified atom stereocenters. The maximum atomic E-state index is 12.8. The zero-order chi connectivity index (χ0) is 20.1. The second-order valence-electron chi connectivity index (χ2n) is 5.79. The number of rotatable bonds is 8. The van der Waals surface area contributed by atoms with E-state index in [0.717, 1.165) is 10.5 Å². The quantitative estimate of drug-likeness (QED) is 0.477. The molecule has 1 heterocycles. The normalized spacial score (nSPS) is 12.4. The molecule has 0 bridgehead atoms. The first-order chi connectivity index (χ1) is 13.6. The fourth-order valence-electron chi connectivity index (χ4n) is 2.85. The Bertz CT molecular complexity index is 881. The molecule has 2 aromatic carbocycles. The molecule has 7 heteroatoms. The van der Waals surface area contributed by atoms with Crippen LogP contribution in [-0.4, -0.2) is 39.7 Å². The summed E-state index contributed by atoms with van der Waals surface area (Å²) in [5.41, 5.74) is 1.21. The van der Waals surface area contributed by atoms with Gasteiger partial charge in [0.1, 0.15) is 17.4 Å². The van der Waals surface area contributed by atoms with Crippen molar-refractivity contribution in [3.05, 3.63) is 41.5 Å². The summed E-state index contributed by atoms with van der Waals surface area (Å²) < 4.78 is 27.2. The summed E-state index contributed by atoms with van der Waals surface area (Å²) in [6, 6.07) is 7.15. The molecule has 0 aliphatic carbocycles. The highest BCUT2D eigenvalue weighted by Crippen LogP contribution is 2.41. The zero-order valence-corrected chi connectivity index (χ0v) is 17.1. The molecule has 0 atom stereocenters. The van der Waals surface area contributed by atoms with E-state index < -0.39 is 0 Å². The summed E-state index contributed by atoms with van der Waals surface area (Å²) in [4.78, 5) is 13.8. The van der Waals surface area contributed by atoms with Crippen molar-refractivity contribution in [1.29, 1.82) is 0 Å². The molecule has 6 nitrogen and oxygen atoms in total. The van der Waals surface area contributed by atoms with Gasteiger partial charge in [-0.3, -0.25) is 4.79 Å². The summed E-state index contributed by atoms with van der Waals surface area (Å²) >= 11 is 1.58. The largest absolute Gasteiger partial charge is 0.493 e. The highest BCUT2D eigenvalue weighted by Gasteiger charge is 2.20. The number of allylic oxidation sites excluding steroid dienone is 1. The van der Waals surface area contributed by atoms with Gasteiger partial charge < -0.3 is 23.7 Å². The molecule has 0 saturated carbocycles. The standard InChI is InChI=1S/C21H22O6S/c1-5-26-16-11-20-17(27-12-28-20)10-14(16)15(22)7-6-13-8-18(23-2)21(25-4)19(9-13)24-3/h6-11H,5,12H2,1-4H3/b7-6+. The maximum absolute atomic E-state index is 12.8. The number of ketones is 1. The average Bonchev–Trinajstić information content (AvgIpc) is 3.18. The van der Waals surface area contributed by atoms with Gasteiger partial charge in [0.15, 0.2) is 17.3 Å². The molecular formula is C21H22O6S. The SMILES string of the molecule is CCOc1cc2c(cc1C(=O)/C=C/c1cc(OC)c(OC)c(OC)c1)OCS2. The van der Waals surface area contributed by atoms with E-state index in [-0.39, 0.29) is 5.78 Å². The molecule has 1 aliphatic heterocycles. The van der Waals surface area contributed by atoms with E-state index in [1.807, 2.05) is 13.0 Å². The predicted molar refractivity (Wildman–Crippen MR) is 108 cm³/mol. The molecule has 2 aromatic rings. The minimum absolute atomic E-state index is 0.180. The number of methoxy groups -OCH3 is 3. The summed E-state index contributed by atoms with van der Waals surface area (Å²) in [6.07, 6.45) is 3.19. The molecule has 28 heavy (non-hydrogen) atoms. The minimum Gasteiger partial charge on any atom is -0.493 e. The van der Waals surface area contributed by atoms with Gasteiger partial charge in [0.25, 0.3) is 0 Å². The molecule has 0 saturated heterocycles. The molecule has 0 radical (unpaired) electrons. The van der Waals surface area contributed by atoms with Gasteiger partial charge in [-0.05, 0) is 42.8 Å². The van der Waals surface area contributed by atoms with Crippen LogP contribution >= 0.6 is 11.8 Å².